The number of fused-ring (bicyclic) bond motifs is 1. The Morgan fingerprint density at radius 2 is 2.21 bits per heavy atom. The van der Waals surface area contributed by atoms with Gasteiger partial charge in [-0.05, 0) is 24.1 Å². The zero-order valence-corrected chi connectivity index (χ0v) is 10.7. The summed E-state index contributed by atoms with van der Waals surface area (Å²) in [6.07, 6.45) is -0.333. The number of rotatable bonds is 5. The van der Waals surface area contributed by atoms with Crippen molar-refractivity contribution in [2.24, 2.45) is 5.73 Å². The zero-order chi connectivity index (χ0) is 13.8. The first-order valence-electron chi connectivity index (χ1n) is 6.02. The number of carbonyl (C=O) groups excluding carboxylic acids is 1. The van der Waals surface area contributed by atoms with Gasteiger partial charge in [-0.1, -0.05) is 6.07 Å². The van der Waals surface area contributed by atoms with Crippen molar-refractivity contribution in [3.63, 3.8) is 0 Å². The van der Waals surface area contributed by atoms with Crippen molar-refractivity contribution in [3.05, 3.63) is 23.8 Å². The molecule has 0 radical (unpaired) electrons. The van der Waals surface area contributed by atoms with Crippen LogP contribution in [0.25, 0.3) is 0 Å². The predicted molar refractivity (Wildman–Crippen MR) is 66.8 cm³/mol. The summed E-state index contributed by atoms with van der Waals surface area (Å²) in [6.45, 7) is 0.184. The standard InChI is InChI=1S/C13H17NO5/c1-17-12(15)5-3-9(14)13(16)8-2-4-10-11(6-8)19-7-18-10/h2,4,6,9,13,16H,3,5,7,14H2,1H3. The molecule has 104 valence electrons. The van der Waals surface area contributed by atoms with Crippen LogP contribution in [0.1, 0.15) is 24.5 Å². The molecule has 0 aliphatic carbocycles. The molecule has 1 aromatic rings. The third-order valence-corrected chi connectivity index (χ3v) is 3.05. The van der Waals surface area contributed by atoms with Gasteiger partial charge in [-0.3, -0.25) is 4.79 Å². The Balaban J connectivity index is 1.98. The Kier molecular flexibility index (Phi) is 4.24. The van der Waals surface area contributed by atoms with Crippen LogP contribution in [0, 0.1) is 0 Å². The number of carbonyl (C=O) groups is 1. The van der Waals surface area contributed by atoms with Crippen LogP contribution in [0.3, 0.4) is 0 Å². The first-order chi connectivity index (χ1) is 9.11. The van der Waals surface area contributed by atoms with Crippen LogP contribution in [-0.2, 0) is 9.53 Å². The molecule has 0 saturated heterocycles. The topological polar surface area (TPSA) is 91.0 Å². The summed E-state index contributed by atoms with van der Waals surface area (Å²) < 4.78 is 15.0. The van der Waals surface area contributed by atoms with Crippen LogP contribution in [-0.4, -0.2) is 31.0 Å². The van der Waals surface area contributed by atoms with E-state index < -0.39 is 12.1 Å². The average molecular weight is 267 g/mol. The summed E-state index contributed by atoms with van der Waals surface area (Å²) in [5, 5.41) is 10.1. The Labute approximate surface area is 111 Å². The molecular weight excluding hydrogens is 250 g/mol. The average Bonchev–Trinajstić information content (AvgIpc) is 2.90. The molecule has 0 aromatic heterocycles. The van der Waals surface area contributed by atoms with E-state index in [1.165, 1.54) is 7.11 Å². The number of esters is 1. The highest BCUT2D eigenvalue weighted by molar-refractivity contribution is 5.69. The molecule has 2 atom stereocenters. The minimum atomic E-state index is -0.862. The second-order valence-corrected chi connectivity index (χ2v) is 4.34. The number of aliphatic hydroxyl groups is 1. The Morgan fingerprint density at radius 1 is 1.47 bits per heavy atom. The van der Waals surface area contributed by atoms with Gasteiger partial charge >= 0.3 is 5.97 Å². The molecule has 1 aliphatic heterocycles. The molecule has 1 heterocycles. The molecule has 0 bridgehead atoms. The molecule has 1 aliphatic rings. The van der Waals surface area contributed by atoms with Gasteiger partial charge in [-0.15, -0.1) is 0 Å². The first-order valence-corrected chi connectivity index (χ1v) is 6.02. The van der Waals surface area contributed by atoms with Crippen LogP contribution in [0.4, 0.5) is 0 Å². The Bertz CT molecular complexity index is 462. The number of methoxy groups -OCH3 is 1. The molecule has 19 heavy (non-hydrogen) atoms. The first kappa shape index (κ1) is 13.6. The smallest absolute Gasteiger partial charge is 0.305 e. The van der Waals surface area contributed by atoms with E-state index in [-0.39, 0.29) is 19.2 Å². The van der Waals surface area contributed by atoms with E-state index in [2.05, 4.69) is 4.74 Å². The van der Waals surface area contributed by atoms with Gasteiger partial charge < -0.3 is 25.1 Å². The summed E-state index contributed by atoms with van der Waals surface area (Å²) in [6, 6.07) is 4.62. The van der Waals surface area contributed by atoms with Crippen molar-refractivity contribution in [1.82, 2.24) is 0 Å². The highest BCUT2D eigenvalue weighted by Crippen LogP contribution is 2.34. The van der Waals surface area contributed by atoms with Gasteiger partial charge in [-0.25, -0.2) is 0 Å². The van der Waals surface area contributed by atoms with Crippen LogP contribution in [0.2, 0.25) is 0 Å². The lowest BCUT2D eigenvalue weighted by Crippen LogP contribution is -2.29. The quantitative estimate of drug-likeness (QED) is 0.764. The fraction of sp³-hybridized carbons (Fsp3) is 0.462. The van der Waals surface area contributed by atoms with Crippen molar-refractivity contribution in [3.8, 4) is 11.5 Å². The van der Waals surface area contributed by atoms with Gasteiger partial charge in [0, 0.05) is 12.5 Å². The second-order valence-electron chi connectivity index (χ2n) is 4.34. The Morgan fingerprint density at radius 3 is 2.95 bits per heavy atom. The monoisotopic (exact) mass is 267 g/mol. The van der Waals surface area contributed by atoms with Gasteiger partial charge in [0.25, 0.3) is 0 Å². The number of hydrogen-bond acceptors (Lipinski definition) is 6. The largest absolute Gasteiger partial charge is 0.469 e. The number of ether oxygens (including phenoxy) is 3. The molecule has 0 saturated carbocycles. The number of hydrogen-bond donors (Lipinski definition) is 2. The highest BCUT2D eigenvalue weighted by Gasteiger charge is 2.21. The minimum Gasteiger partial charge on any atom is -0.469 e. The second kappa shape index (κ2) is 5.90. The summed E-state index contributed by atoms with van der Waals surface area (Å²) in [5.74, 6) is 0.907. The summed E-state index contributed by atoms with van der Waals surface area (Å²) in [5.41, 5.74) is 6.51. The number of nitrogens with two attached hydrogens (primary N) is 1. The van der Waals surface area contributed by atoms with E-state index in [1.807, 2.05) is 0 Å². The van der Waals surface area contributed by atoms with Crippen LogP contribution < -0.4 is 15.2 Å². The lowest BCUT2D eigenvalue weighted by atomic mass is 9.99. The molecule has 1 aromatic carbocycles. The van der Waals surface area contributed by atoms with Crippen LogP contribution >= 0.6 is 0 Å². The van der Waals surface area contributed by atoms with Gasteiger partial charge in [-0.2, -0.15) is 0 Å². The van der Waals surface area contributed by atoms with E-state index in [0.717, 1.165) is 0 Å². The highest BCUT2D eigenvalue weighted by atomic mass is 16.7. The van der Waals surface area contributed by atoms with E-state index in [9.17, 15) is 9.90 Å². The molecule has 0 amide bonds. The van der Waals surface area contributed by atoms with Crippen LogP contribution in [0.5, 0.6) is 11.5 Å². The SMILES string of the molecule is COC(=O)CCC(N)C(O)c1ccc2c(c1)OCO2. The predicted octanol–water partition coefficient (Wildman–Crippen LogP) is 0.729. The third kappa shape index (κ3) is 3.15. The van der Waals surface area contributed by atoms with E-state index in [4.69, 9.17) is 15.2 Å². The van der Waals surface area contributed by atoms with Gasteiger partial charge in [0.2, 0.25) is 6.79 Å². The molecule has 3 N–H and O–H groups in total. The van der Waals surface area contributed by atoms with E-state index >= 15 is 0 Å². The van der Waals surface area contributed by atoms with E-state index in [1.54, 1.807) is 18.2 Å². The van der Waals surface area contributed by atoms with Crippen molar-refractivity contribution in [2.75, 3.05) is 13.9 Å². The molecule has 6 nitrogen and oxygen atoms in total. The fourth-order valence-corrected chi connectivity index (χ4v) is 1.89. The maximum atomic E-state index is 11.0. The molecular formula is C13H17NO5. The van der Waals surface area contributed by atoms with Crippen molar-refractivity contribution in [2.45, 2.75) is 25.0 Å². The zero-order valence-electron chi connectivity index (χ0n) is 10.7. The third-order valence-electron chi connectivity index (χ3n) is 3.05. The molecule has 0 spiro atoms. The molecule has 2 unspecified atom stereocenters. The minimum absolute atomic E-state index is 0.180. The summed E-state index contributed by atoms with van der Waals surface area (Å²) in [4.78, 5) is 11.0. The Hall–Kier alpha value is -1.79. The van der Waals surface area contributed by atoms with Gasteiger partial charge in [0.1, 0.15) is 0 Å². The van der Waals surface area contributed by atoms with Crippen molar-refractivity contribution < 1.29 is 24.1 Å². The maximum Gasteiger partial charge on any atom is 0.305 e. The van der Waals surface area contributed by atoms with Gasteiger partial charge in [0.05, 0.1) is 13.2 Å². The molecule has 2 rings (SSSR count). The lowest BCUT2D eigenvalue weighted by Gasteiger charge is -2.19. The number of aliphatic hydroxyl groups excluding tert-OH is 1. The van der Waals surface area contributed by atoms with Crippen molar-refractivity contribution in [1.29, 1.82) is 0 Å². The maximum absolute atomic E-state index is 11.0. The van der Waals surface area contributed by atoms with Crippen molar-refractivity contribution >= 4 is 5.97 Å². The number of benzene rings is 1. The fourth-order valence-electron chi connectivity index (χ4n) is 1.89. The summed E-state index contributed by atoms with van der Waals surface area (Å²) in [7, 11) is 1.32. The van der Waals surface area contributed by atoms with E-state index in [0.29, 0.717) is 23.5 Å². The van der Waals surface area contributed by atoms with Crippen LogP contribution in [0.15, 0.2) is 18.2 Å². The molecule has 0 fully saturated rings. The lowest BCUT2D eigenvalue weighted by molar-refractivity contribution is -0.140. The summed E-state index contributed by atoms with van der Waals surface area (Å²) >= 11 is 0. The van der Waals surface area contributed by atoms with Gasteiger partial charge in [0.15, 0.2) is 11.5 Å². The molecule has 6 heteroatoms. The normalized spacial score (nSPS) is 15.9.